The Kier molecular flexibility index (Phi) is 4.92. The molecule has 0 unspecified atom stereocenters. The third-order valence-corrected chi connectivity index (χ3v) is 1.97. The maximum atomic E-state index is 12.8. The molecule has 0 saturated heterocycles. The van der Waals surface area contributed by atoms with Crippen molar-refractivity contribution in [3.05, 3.63) is 35.4 Å². The number of hydrogen-bond acceptors (Lipinski definition) is 3. The summed E-state index contributed by atoms with van der Waals surface area (Å²) < 4.78 is 25.7. The molecule has 1 rings (SSSR count). The van der Waals surface area contributed by atoms with Gasteiger partial charge in [0.25, 0.3) is 5.91 Å². The van der Waals surface area contributed by atoms with Crippen molar-refractivity contribution < 1.29 is 28.3 Å². The predicted octanol–water partition coefficient (Wildman–Crippen LogP) is -0.105. The van der Waals surface area contributed by atoms with Crippen molar-refractivity contribution in [2.24, 2.45) is 0 Å². The summed E-state index contributed by atoms with van der Waals surface area (Å²) in [6, 6.07) is 2.23. The Bertz CT molecular complexity index is 499. The molecule has 19 heavy (non-hydrogen) atoms. The zero-order valence-corrected chi connectivity index (χ0v) is 9.57. The van der Waals surface area contributed by atoms with Crippen LogP contribution in [0.3, 0.4) is 0 Å². The number of rotatable bonds is 5. The molecule has 0 aliphatic rings. The first-order valence-electron chi connectivity index (χ1n) is 5.11. The lowest BCUT2D eigenvalue weighted by molar-refractivity contribution is -0.137. The van der Waals surface area contributed by atoms with Crippen molar-refractivity contribution in [1.29, 1.82) is 0 Å². The smallest absolute Gasteiger partial charge is 0.322 e. The number of aliphatic carboxylic acids is 1. The van der Waals surface area contributed by atoms with E-state index in [0.717, 1.165) is 12.1 Å². The van der Waals surface area contributed by atoms with E-state index in [4.69, 9.17) is 5.11 Å². The quantitative estimate of drug-likeness (QED) is 0.697. The van der Waals surface area contributed by atoms with Crippen molar-refractivity contribution in [2.75, 3.05) is 13.1 Å². The second-order valence-corrected chi connectivity index (χ2v) is 3.51. The minimum absolute atomic E-state index is 0.275. The Morgan fingerprint density at radius 3 is 2.11 bits per heavy atom. The molecule has 0 aromatic heterocycles. The molecule has 0 aliphatic heterocycles. The monoisotopic (exact) mass is 272 g/mol. The van der Waals surface area contributed by atoms with Crippen LogP contribution in [0.4, 0.5) is 8.78 Å². The highest BCUT2D eigenvalue weighted by Gasteiger charge is 2.11. The average Bonchev–Trinajstić information content (AvgIpc) is 2.32. The van der Waals surface area contributed by atoms with Gasteiger partial charge in [-0.2, -0.15) is 0 Å². The molecule has 0 fully saturated rings. The van der Waals surface area contributed by atoms with E-state index in [-0.39, 0.29) is 5.56 Å². The first-order chi connectivity index (χ1) is 8.88. The van der Waals surface area contributed by atoms with Crippen LogP contribution in [0.1, 0.15) is 10.4 Å². The predicted molar refractivity (Wildman–Crippen MR) is 59.3 cm³/mol. The Hall–Kier alpha value is -2.51. The molecule has 0 aliphatic carbocycles. The molecule has 102 valence electrons. The minimum Gasteiger partial charge on any atom is -0.480 e. The number of carbonyl (C=O) groups excluding carboxylic acids is 2. The summed E-state index contributed by atoms with van der Waals surface area (Å²) in [4.78, 5) is 32.7. The van der Waals surface area contributed by atoms with E-state index in [1.165, 1.54) is 0 Å². The normalized spacial score (nSPS) is 9.79. The van der Waals surface area contributed by atoms with E-state index in [1.54, 1.807) is 0 Å². The number of benzene rings is 1. The van der Waals surface area contributed by atoms with Gasteiger partial charge in [-0.25, -0.2) is 8.78 Å². The van der Waals surface area contributed by atoms with Gasteiger partial charge in [-0.3, -0.25) is 14.4 Å². The Morgan fingerprint density at radius 2 is 1.58 bits per heavy atom. The fourth-order valence-corrected chi connectivity index (χ4v) is 1.18. The fourth-order valence-electron chi connectivity index (χ4n) is 1.18. The summed E-state index contributed by atoms with van der Waals surface area (Å²) >= 11 is 0. The van der Waals surface area contributed by atoms with Crippen molar-refractivity contribution in [2.45, 2.75) is 0 Å². The van der Waals surface area contributed by atoms with Gasteiger partial charge in [-0.05, 0) is 12.1 Å². The number of carboxylic acids is 1. The van der Waals surface area contributed by atoms with Crippen molar-refractivity contribution in [1.82, 2.24) is 10.6 Å². The molecule has 0 heterocycles. The van der Waals surface area contributed by atoms with Gasteiger partial charge in [-0.15, -0.1) is 0 Å². The van der Waals surface area contributed by atoms with Gasteiger partial charge >= 0.3 is 5.97 Å². The van der Waals surface area contributed by atoms with Gasteiger partial charge in [0.05, 0.1) is 6.54 Å². The maximum absolute atomic E-state index is 12.8. The molecule has 3 N–H and O–H groups in total. The number of carbonyl (C=O) groups is 3. The van der Waals surface area contributed by atoms with E-state index in [2.05, 4.69) is 5.32 Å². The topological polar surface area (TPSA) is 95.5 Å². The Labute approximate surface area is 106 Å². The lowest BCUT2D eigenvalue weighted by Crippen LogP contribution is -2.39. The Balaban J connectivity index is 2.51. The third-order valence-electron chi connectivity index (χ3n) is 1.97. The summed E-state index contributed by atoms with van der Waals surface area (Å²) in [5.74, 6) is -4.63. The van der Waals surface area contributed by atoms with E-state index in [1.807, 2.05) is 5.32 Å². The highest BCUT2D eigenvalue weighted by atomic mass is 19.1. The molecule has 0 atom stereocenters. The molecular formula is C11H10F2N2O4. The van der Waals surface area contributed by atoms with Crippen molar-refractivity contribution >= 4 is 17.8 Å². The molecule has 6 nitrogen and oxygen atoms in total. The number of carboxylic acid groups (broad SMARTS) is 1. The highest BCUT2D eigenvalue weighted by Crippen LogP contribution is 2.07. The van der Waals surface area contributed by atoms with Gasteiger partial charge in [0.15, 0.2) is 0 Å². The van der Waals surface area contributed by atoms with Crippen LogP contribution in [0.25, 0.3) is 0 Å². The lowest BCUT2D eigenvalue weighted by atomic mass is 10.2. The molecule has 0 bridgehead atoms. The van der Waals surface area contributed by atoms with Crippen molar-refractivity contribution in [3.63, 3.8) is 0 Å². The molecule has 8 heteroatoms. The van der Waals surface area contributed by atoms with Crippen LogP contribution >= 0.6 is 0 Å². The maximum Gasteiger partial charge on any atom is 0.322 e. The fraction of sp³-hybridized carbons (Fsp3) is 0.182. The number of halogens is 2. The minimum atomic E-state index is -1.23. The summed E-state index contributed by atoms with van der Waals surface area (Å²) in [5, 5.41) is 12.4. The van der Waals surface area contributed by atoms with Gasteiger partial charge < -0.3 is 15.7 Å². The standard InChI is InChI=1S/C11H10F2N2O4/c12-7-1-6(2-8(13)3-7)11(19)15-4-9(16)14-5-10(17)18/h1-3H,4-5H2,(H,14,16)(H,15,19)(H,17,18). The van der Waals surface area contributed by atoms with Gasteiger partial charge in [0, 0.05) is 11.6 Å². The first-order valence-corrected chi connectivity index (χ1v) is 5.11. The first kappa shape index (κ1) is 14.6. The van der Waals surface area contributed by atoms with Crippen molar-refractivity contribution in [3.8, 4) is 0 Å². The lowest BCUT2D eigenvalue weighted by Gasteiger charge is -2.05. The van der Waals surface area contributed by atoms with E-state index < -0.39 is 42.5 Å². The van der Waals surface area contributed by atoms with Crippen LogP contribution in [-0.2, 0) is 9.59 Å². The molecule has 1 aromatic carbocycles. The molecule has 0 radical (unpaired) electrons. The van der Waals surface area contributed by atoms with Crippen LogP contribution in [0.2, 0.25) is 0 Å². The van der Waals surface area contributed by atoms with Crippen LogP contribution in [0.5, 0.6) is 0 Å². The summed E-state index contributed by atoms with van der Waals surface area (Å²) in [5.41, 5.74) is -0.275. The molecule has 2 amide bonds. The zero-order valence-electron chi connectivity index (χ0n) is 9.57. The second kappa shape index (κ2) is 6.43. The number of amides is 2. The van der Waals surface area contributed by atoms with Crippen LogP contribution in [0.15, 0.2) is 18.2 Å². The van der Waals surface area contributed by atoms with E-state index in [9.17, 15) is 23.2 Å². The molecular weight excluding hydrogens is 262 g/mol. The molecule has 1 aromatic rings. The largest absolute Gasteiger partial charge is 0.480 e. The van der Waals surface area contributed by atoms with Crippen LogP contribution in [0, 0.1) is 11.6 Å². The SMILES string of the molecule is O=C(O)CNC(=O)CNC(=O)c1cc(F)cc(F)c1. The number of hydrogen-bond donors (Lipinski definition) is 3. The molecule has 0 spiro atoms. The molecule has 0 saturated carbocycles. The highest BCUT2D eigenvalue weighted by molar-refractivity contribution is 5.96. The van der Waals surface area contributed by atoms with E-state index >= 15 is 0 Å². The van der Waals surface area contributed by atoms with Gasteiger partial charge in [-0.1, -0.05) is 0 Å². The van der Waals surface area contributed by atoms with Crippen LogP contribution < -0.4 is 10.6 Å². The zero-order chi connectivity index (χ0) is 14.4. The van der Waals surface area contributed by atoms with Gasteiger partial charge in [0.1, 0.15) is 18.2 Å². The Morgan fingerprint density at radius 1 is 1.00 bits per heavy atom. The second-order valence-electron chi connectivity index (χ2n) is 3.51. The summed E-state index contributed by atoms with van der Waals surface area (Å²) in [7, 11) is 0. The summed E-state index contributed by atoms with van der Waals surface area (Å²) in [6.07, 6.45) is 0. The summed E-state index contributed by atoms with van der Waals surface area (Å²) in [6.45, 7) is -1.08. The van der Waals surface area contributed by atoms with Crippen LogP contribution in [-0.4, -0.2) is 36.0 Å². The van der Waals surface area contributed by atoms with E-state index in [0.29, 0.717) is 6.07 Å². The third kappa shape index (κ3) is 5.11. The van der Waals surface area contributed by atoms with Gasteiger partial charge in [0.2, 0.25) is 5.91 Å². The number of nitrogens with one attached hydrogen (secondary N) is 2. The average molecular weight is 272 g/mol.